The summed E-state index contributed by atoms with van der Waals surface area (Å²) in [6, 6.07) is 6.16. The van der Waals surface area contributed by atoms with Crippen molar-refractivity contribution in [2.75, 3.05) is 52.6 Å². The molecule has 0 bridgehead atoms. The smallest absolute Gasteiger partial charge is 0.228 e. The molecule has 130 valence electrons. The molecule has 0 N–H and O–H groups in total. The molecule has 4 rings (SSSR count). The Kier molecular flexibility index (Phi) is 4.58. The van der Waals surface area contributed by atoms with Crippen molar-refractivity contribution in [3.8, 4) is 11.5 Å². The van der Waals surface area contributed by atoms with Crippen molar-refractivity contribution in [2.45, 2.75) is 13.0 Å². The first-order valence-corrected chi connectivity index (χ1v) is 8.77. The third-order valence-corrected chi connectivity index (χ3v) is 4.98. The van der Waals surface area contributed by atoms with E-state index < -0.39 is 0 Å². The molecule has 2 fully saturated rings. The van der Waals surface area contributed by atoms with Crippen LogP contribution < -0.4 is 9.47 Å². The van der Waals surface area contributed by atoms with Gasteiger partial charge in [0.05, 0.1) is 12.5 Å². The molecule has 3 aliphatic rings. The van der Waals surface area contributed by atoms with Crippen molar-refractivity contribution in [3.63, 3.8) is 0 Å². The summed E-state index contributed by atoms with van der Waals surface area (Å²) in [6.07, 6.45) is 0.871. The summed E-state index contributed by atoms with van der Waals surface area (Å²) in [5.41, 5.74) is 1.23. The summed E-state index contributed by atoms with van der Waals surface area (Å²) in [4.78, 5) is 16.8. The first-order chi connectivity index (χ1) is 11.8. The Balaban J connectivity index is 1.30. The van der Waals surface area contributed by atoms with Crippen molar-refractivity contribution in [1.29, 1.82) is 0 Å². The minimum absolute atomic E-state index is 0.0781. The molecule has 1 aromatic carbocycles. The van der Waals surface area contributed by atoms with Crippen LogP contribution in [-0.4, -0.2) is 68.3 Å². The van der Waals surface area contributed by atoms with E-state index in [-0.39, 0.29) is 11.8 Å². The van der Waals surface area contributed by atoms with Gasteiger partial charge in [0, 0.05) is 39.3 Å². The van der Waals surface area contributed by atoms with E-state index >= 15 is 0 Å². The number of ether oxygens (including phenoxy) is 3. The Bertz CT molecular complexity index is 593. The lowest BCUT2D eigenvalue weighted by atomic mass is 10.1. The van der Waals surface area contributed by atoms with Crippen LogP contribution in [0.25, 0.3) is 0 Å². The number of benzene rings is 1. The number of hydrogen-bond donors (Lipinski definition) is 0. The molecule has 3 aliphatic heterocycles. The Labute approximate surface area is 142 Å². The summed E-state index contributed by atoms with van der Waals surface area (Å²) in [5.74, 6) is 2.02. The quantitative estimate of drug-likeness (QED) is 0.831. The molecular formula is C18H24N2O4. The van der Waals surface area contributed by atoms with Gasteiger partial charge in [0.25, 0.3) is 0 Å². The predicted molar refractivity (Wildman–Crippen MR) is 88.2 cm³/mol. The van der Waals surface area contributed by atoms with E-state index in [4.69, 9.17) is 14.2 Å². The highest BCUT2D eigenvalue weighted by molar-refractivity contribution is 5.79. The second kappa shape index (κ2) is 6.99. The zero-order chi connectivity index (χ0) is 16.4. The molecule has 1 aromatic rings. The summed E-state index contributed by atoms with van der Waals surface area (Å²) in [6.45, 7) is 6.86. The van der Waals surface area contributed by atoms with Crippen LogP contribution in [0.4, 0.5) is 0 Å². The highest BCUT2D eigenvalue weighted by Gasteiger charge is 2.30. The van der Waals surface area contributed by atoms with Crippen LogP contribution in [0.5, 0.6) is 11.5 Å². The Morgan fingerprint density at radius 1 is 1.04 bits per heavy atom. The summed E-state index contributed by atoms with van der Waals surface area (Å²) in [7, 11) is 0. The van der Waals surface area contributed by atoms with Crippen LogP contribution in [0.2, 0.25) is 0 Å². The Morgan fingerprint density at radius 2 is 1.83 bits per heavy atom. The molecule has 0 aliphatic carbocycles. The number of fused-ring (bicyclic) bond motifs is 1. The van der Waals surface area contributed by atoms with Gasteiger partial charge in [-0.05, 0) is 24.1 Å². The normalized spacial score (nSPS) is 24.2. The van der Waals surface area contributed by atoms with Gasteiger partial charge in [-0.15, -0.1) is 0 Å². The van der Waals surface area contributed by atoms with Crippen molar-refractivity contribution in [3.05, 3.63) is 23.8 Å². The maximum atomic E-state index is 12.4. The molecule has 1 atom stereocenters. The molecule has 2 saturated heterocycles. The standard InChI is InChI=1S/C18H24N2O4/c21-18(15-3-8-22-13-15)20-6-4-19(5-7-20)12-14-1-2-16-17(11-14)24-10-9-23-16/h1-2,11,15H,3-10,12-13H2/t15-/m0/s1. The monoisotopic (exact) mass is 332 g/mol. The van der Waals surface area contributed by atoms with Gasteiger partial charge < -0.3 is 19.1 Å². The molecule has 0 radical (unpaired) electrons. The number of amides is 1. The Hall–Kier alpha value is -1.79. The molecule has 0 saturated carbocycles. The van der Waals surface area contributed by atoms with Crippen LogP contribution >= 0.6 is 0 Å². The van der Waals surface area contributed by atoms with E-state index in [9.17, 15) is 4.79 Å². The fraction of sp³-hybridized carbons (Fsp3) is 0.611. The zero-order valence-electron chi connectivity index (χ0n) is 13.9. The fourth-order valence-corrected chi connectivity index (χ4v) is 3.56. The topological polar surface area (TPSA) is 51.2 Å². The first kappa shape index (κ1) is 15.7. The lowest BCUT2D eigenvalue weighted by Gasteiger charge is -2.36. The van der Waals surface area contributed by atoms with Crippen LogP contribution in [-0.2, 0) is 16.1 Å². The van der Waals surface area contributed by atoms with E-state index in [1.54, 1.807) is 0 Å². The van der Waals surface area contributed by atoms with Crippen LogP contribution in [0.15, 0.2) is 18.2 Å². The maximum Gasteiger partial charge on any atom is 0.228 e. The predicted octanol–water partition coefficient (Wildman–Crippen LogP) is 1.14. The van der Waals surface area contributed by atoms with Crippen LogP contribution in [0, 0.1) is 5.92 Å². The van der Waals surface area contributed by atoms with Crippen molar-refractivity contribution in [1.82, 2.24) is 9.80 Å². The van der Waals surface area contributed by atoms with Gasteiger partial charge in [-0.2, -0.15) is 0 Å². The summed E-state index contributed by atoms with van der Waals surface area (Å²) < 4.78 is 16.5. The minimum Gasteiger partial charge on any atom is -0.486 e. The van der Waals surface area contributed by atoms with Crippen molar-refractivity contribution >= 4 is 5.91 Å². The van der Waals surface area contributed by atoms with Gasteiger partial charge in [-0.1, -0.05) is 6.07 Å². The van der Waals surface area contributed by atoms with Crippen LogP contribution in [0.1, 0.15) is 12.0 Å². The number of rotatable bonds is 3. The largest absolute Gasteiger partial charge is 0.486 e. The lowest BCUT2D eigenvalue weighted by molar-refractivity contribution is -0.137. The van der Waals surface area contributed by atoms with Gasteiger partial charge in [-0.25, -0.2) is 0 Å². The minimum atomic E-state index is 0.0781. The second-order valence-electron chi connectivity index (χ2n) is 6.64. The van der Waals surface area contributed by atoms with Gasteiger partial charge in [0.1, 0.15) is 13.2 Å². The third-order valence-electron chi connectivity index (χ3n) is 4.98. The van der Waals surface area contributed by atoms with E-state index in [1.807, 2.05) is 11.0 Å². The van der Waals surface area contributed by atoms with Gasteiger partial charge in [0.15, 0.2) is 11.5 Å². The maximum absolute atomic E-state index is 12.4. The average Bonchev–Trinajstić information content (AvgIpc) is 3.16. The molecular weight excluding hydrogens is 308 g/mol. The number of carbonyl (C=O) groups excluding carboxylic acids is 1. The highest BCUT2D eigenvalue weighted by atomic mass is 16.6. The average molecular weight is 332 g/mol. The SMILES string of the molecule is O=C([C@H]1CCOC1)N1CCN(Cc2ccc3c(c2)OCCO3)CC1. The Morgan fingerprint density at radius 3 is 2.58 bits per heavy atom. The number of nitrogens with zero attached hydrogens (tertiary/aromatic N) is 2. The number of piperazine rings is 1. The molecule has 6 nitrogen and oxygen atoms in total. The van der Waals surface area contributed by atoms with Crippen molar-refractivity contribution < 1.29 is 19.0 Å². The van der Waals surface area contributed by atoms with Gasteiger partial charge in [-0.3, -0.25) is 9.69 Å². The molecule has 0 unspecified atom stereocenters. The summed E-state index contributed by atoms with van der Waals surface area (Å²) >= 11 is 0. The molecule has 3 heterocycles. The molecule has 1 amide bonds. The van der Waals surface area contributed by atoms with E-state index in [1.165, 1.54) is 5.56 Å². The van der Waals surface area contributed by atoms with E-state index in [0.717, 1.165) is 57.3 Å². The number of hydrogen-bond acceptors (Lipinski definition) is 5. The van der Waals surface area contributed by atoms with Crippen LogP contribution in [0.3, 0.4) is 0 Å². The zero-order valence-corrected chi connectivity index (χ0v) is 13.9. The van der Waals surface area contributed by atoms with E-state index in [0.29, 0.717) is 19.8 Å². The molecule has 6 heteroatoms. The second-order valence-corrected chi connectivity index (χ2v) is 6.64. The molecule has 0 aromatic heterocycles. The van der Waals surface area contributed by atoms with E-state index in [2.05, 4.69) is 17.0 Å². The highest BCUT2D eigenvalue weighted by Crippen LogP contribution is 2.31. The first-order valence-electron chi connectivity index (χ1n) is 8.77. The van der Waals surface area contributed by atoms with Crippen molar-refractivity contribution in [2.24, 2.45) is 5.92 Å². The third kappa shape index (κ3) is 3.35. The van der Waals surface area contributed by atoms with Gasteiger partial charge >= 0.3 is 0 Å². The van der Waals surface area contributed by atoms with Gasteiger partial charge in [0.2, 0.25) is 5.91 Å². The molecule has 0 spiro atoms. The molecule has 24 heavy (non-hydrogen) atoms. The fourth-order valence-electron chi connectivity index (χ4n) is 3.56. The summed E-state index contributed by atoms with van der Waals surface area (Å²) in [5, 5.41) is 0. The number of carbonyl (C=O) groups is 1. The lowest BCUT2D eigenvalue weighted by Crippen LogP contribution is -2.50.